The standard InChI is InChI=1S/C45H61NO15S2/c1-23-26(58-38(52)32(49)31(24-14-12-18-55-24)46-39(53)61-40(2,3)4)21-45(54)36(60-37(51)25-15-13-19-56-25)34-43(9)22-57-28(43)20-27(47)44(34,10)35(50)33(30(23)42(45,7)8)59-29(48)16-17-41(5,6)63-62-11/h12-15,18-19,26-28,31-34,36,47,49,54H,16-17,20-22H2,1-11H3,(H,46,53)/t26-,27-,28+,31-,32+,33+,34+,36-,43+,44+,45+/m0/s1. The van der Waals surface area contributed by atoms with E-state index in [2.05, 4.69) is 5.32 Å². The number of alkyl carbamates (subject to hydrolysis) is 1. The van der Waals surface area contributed by atoms with Crippen molar-refractivity contribution in [2.75, 3.05) is 12.9 Å². The summed E-state index contributed by atoms with van der Waals surface area (Å²) in [5.41, 5.74) is -7.31. The second kappa shape index (κ2) is 17.5. The van der Waals surface area contributed by atoms with E-state index < -0.39 is 112 Å². The van der Waals surface area contributed by atoms with Crippen molar-refractivity contribution in [3.05, 3.63) is 59.5 Å². The van der Waals surface area contributed by atoms with Gasteiger partial charge in [0.2, 0.25) is 5.76 Å². The highest BCUT2D eigenvalue weighted by Gasteiger charge is 2.75. The summed E-state index contributed by atoms with van der Waals surface area (Å²) < 4.78 is 40.6. The van der Waals surface area contributed by atoms with E-state index in [4.69, 9.17) is 32.5 Å². The number of aliphatic hydroxyl groups is 3. The third-order valence-electron chi connectivity index (χ3n) is 13.6. The number of fused-ring (bicyclic) bond motifs is 5. The summed E-state index contributed by atoms with van der Waals surface area (Å²) in [4.78, 5) is 71.0. The predicted octanol–water partition coefficient (Wildman–Crippen LogP) is 6.27. The molecule has 0 unspecified atom stereocenters. The summed E-state index contributed by atoms with van der Waals surface area (Å²) in [6.07, 6.45) is -5.52. The summed E-state index contributed by atoms with van der Waals surface area (Å²) in [5, 5.41) is 39.9. The molecule has 0 aromatic carbocycles. The molecular weight excluding hydrogens is 859 g/mol. The molecule has 3 heterocycles. The van der Waals surface area contributed by atoms with Crippen molar-refractivity contribution < 1.29 is 71.8 Å². The molecule has 2 aromatic rings. The Hall–Kier alpha value is -3.81. The molecule has 11 atom stereocenters. The molecule has 0 spiro atoms. The van der Waals surface area contributed by atoms with Crippen LogP contribution in [0.1, 0.15) is 117 Å². The van der Waals surface area contributed by atoms with E-state index in [1.807, 2.05) is 27.0 Å². The number of hydrogen-bond donors (Lipinski definition) is 4. The van der Waals surface area contributed by atoms with Crippen molar-refractivity contribution in [2.45, 2.75) is 154 Å². The summed E-state index contributed by atoms with van der Waals surface area (Å²) >= 11 is 0. The average molecular weight is 920 g/mol. The molecule has 1 saturated heterocycles. The van der Waals surface area contributed by atoms with Crippen LogP contribution >= 0.6 is 21.6 Å². The van der Waals surface area contributed by atoms with Gasteiger partial charge in [-0.2, -0.15) is 0 Å². The number of nitrogens with one attached hydrogen (secondary N) is 1. The van der Waals surface area contributed by atoms with Crippen LogP contribution in [0, 0.1) is 22.2 Å². The van der Waals surface area contributed by atoms with Gasteiger partial charge in [-0.25, -0.2) is 14.4 Å². The Kier molecular flexibility index (Phi) is 13.5. The van der Waals surface area contributed by atoms with E-state index >= 15 is 4.79 Å². The first-order chi connectivity index (χ1) is 29.2. The van der Waals surface area contributed by atoms with Crippen molar-refractivity contribution in [2.24, 2.45) is 22.2 Å². The minimum Gasteiger partial charge on any atom is -0.467 e. The largest absolute Gasteiger partial charge is 0.467 e. The fourth-order valence-electron chi connectivity index (χ4n) is 10.1. The van der Waals surface area contributed by atoms with Crippen LogP contribution < -0.4 is 5.32 Å². The Bertz CT molecular complexity index is 2080. The molecule has 348 valence electrons. The lowest BCUT2D eigenvalue weighted by atomic mass is 9.42. The number of rotatable bonds is 13. The predicted molar refractivity (Wildman–Crippen MR) is 230 cm³/mol. The number of ketones is 1. The van der Waals surface area contributed by atoms with Gasteiger partial charge in [-0.15, -0.1) is 0 Å². The number of aliphatic hydroxyl groups excluding tert-OH is 2. The summed E-state index contributed by atoms with van der Waals surface area (Å²) in [6.45, 7) is 17.2. The van der Waals surface area contributed by atoms with Crippen molar-refractivity contribution in [3.63, 3.8) is 0 Å². The lowest BCUT2D eigenvalue weighted by Gasteiger charge is -2.68. The Morgan fingerprint density at radius 3 is 2.24 bits per heavy atom. The summed E-state index contributed by atoms with van der Waals surface area (Å²) in [6, 6.07) is 4.30. The zero-order chi connectivity index (χ0) is 46.7. The molecular formula is C45H61NO15S2. The Labute approximate surface area is 375 Å². The van der Waals surface area contributed by atoms with E-state index in [1.54, 1.807) is 70.1 Å². The number of hydrogen-bond acceptors (Lipinski definition) is 17. The van der Waals surface area contributed by atoms with Gasteiger partial charge in [0, 0.05) is 40.8 Å². The van der Waals surface area contributed by atoms with Gasteiger partial charge in [-0.05, 0) is 96.6 Å². The van der Waals surface area contributed by atoms with Gasteiger partial charge in [0.05, 0.1) is 36.8 Å². The molecule has 3 fully saturated rings. The summed E-state index contributed by atoms with van der Waals surface area (Å²) in [7, 11) is 3.13. The highest BCUT2D eigenvalue weighted by atomic mass is 33.1. The Morgan fingerprint density at radius 2 is 1.67 bits per heavy atom. The fourth-order valence-corrected chi connectivity index (χ4v) is 12.3. The van der Waals surface area contributed by atoms with Crippen LogP contribution in [-0.2, 0) is 38.1 Å². The molecule has 2 saturated carbocycles. The molecule has 18 heteroatoms. The average Bonchev–Trinajstić information content (AvgIpc) is 3.93. The number of carbonyl (C=O) groups is 5. The second-order valence-corrected chi connectivity index (χ2v) is 22.8. The zero-order valence-electron chi connectivity index (χ0n) is 37.7. The number of amides is 1. The van der Waals surface area contributed by atoms with Gasteiger partial charge in [-0.1, -0.05) is 42.4 Å². The molecule has 3 aliphatic carbocycles. The smallest absolute Gasteiger partial charge is 0.408 e. The van der Waals surface area contributed by atoms with Crippen molar-refractivity contribution in [3.8, 4) is 0 Å². The maximum Gasteiger partial charge on any atom is 0.408 e. The number of Topliss-reactive ketones (excluding diaryl/α,β-unsaturated/α-hetero) is 1. The first-order valence-electron chi connectivity index (χ1n) is 21.1. The Balaban J connectivity index is 1.50. The highest BCUT2D eigenvalue weighted by molar-refractivity contribution is 8.76. The third-order valence-corrected chi connectivity index (χ3v) is 16.2. The normalized spacial score (nSPS) is 32.4. The highest BCUT2D eigenvalue weighted by Crippen LogP contribution is 2.66. The van der Waals surface area contributed by atoms with E-state index in [0.717, 1.165) is 0 Å². The molecule has 4 N–H and O–H groups in total. The van der Waals surface area contributed by atoms with E-state index in [9.17, 15) is 34.5 Å². The van der Waals surface area contributed by atoms with Crippen molar-refractivity contribution >= 4 is 51.4 Å². The minimum absolute atomic E-state index is 0.00353. The number of furan rings is 2. The number of carbonyl (C=O) groups excluding carboxylic acids is 5. The molecule has 0 radical (unpaired) electrons. The molecule has 2 aromatic heterocycles. The topological polar surface area (TPSA) is 230 Å². The zero-order valence-corrected chi connectivity index (χ0v) is 39.3. The van der Waals surface area contributed by atoms with Crippen LogP contribution in [0.3, 0.4) is 0 Å². The maximum atomic E-state index is 15.7. The molecule has 4 aliphatic rings. The first-order valence-corrected chi connectivity index (χ1v) is 23.6. The van der Waals surface area contributed by atoms with Gasteiger partial charge in [0.15, 0.2) is 18.0 Å². The molecule has 63 heavy (non-hydrogen) atoms. The molecule has 2 bridgehead atoms. The van der Waals surface area contributed by atoms with Crippen LogP contribution in [0.15, 0.2) is 56.8 Å². The lowest BCUT2D eigenvalue weighted by molar-refractivity contribution is -0.314. The quantitative estimate of drug-likeness (QED) is 0.0751. The van der Waals surface area contributed by atoms with Gasteiger partial charge >= 0.3 is 24.0 Å². The second-order valence-electron chi connectivity index (χ2n) is 19.7. The van der Waals surface area contributed by atoms with Crippen LogP contribution in [0.25, 0.3) is 0 Å². The van der Waals surface area contributed by atoms with Crippen LogP contribution in [0.2, 0.25) is 0 Å². The van der Waals surface area contributed by atoms with Gasteiger partial charge in [0.1, 0.15) is 35.2 Å². The van der Waals surface area contributed by atoms with Crippen LogP contribution in [0.4, 0.5) is 4.79 Å². The fraction of sp³-hybridized carbons (Fsp3) is 0.667. The molecule has 16 nitrogen and oxygen atoms in total. The maximum absolute atomic E-state index is 15.7. The SMILES string of the molecule is CSSC(C)(C)CCC(=O)O[C@H]1C(=O)[C@@]2(C)[C@H]([C@H](OC(=O)c3ccco3)[C@]3(O)C[C@H](OC(=O)[C@H](O)[C@@H](NC(=O)OC(C)(C)C)c4ccco4)C(C)=C1C3(C)C)[C@]1(C)CO[C@@H]1C[C@@H]2O. The van der Waals surface area contributed by atoms with Crippen LogP contribution in [0.5, 0.6) is 0 Å². The molecule has 6 rings (SSSR count). The van der Waals surface area contributed by atoms with E-state index in [0.29, 0.717) is 6.42 Å². The number of esters is 3. The van der Waals surface area contributed by atoms with Gasteiger partial charge in [-0.3, -0.25) is 9.59 Å². The minimum atomic E-state index is -2.26. The van der Waals surface area contributed by atoms with E-state index in [-0.39, 0.29) is 46.9 Å². The Morgan fingerprint density at radius 1 is 1.00 bits per heavy atom. The van der Waals surface area contributed by atoms with Crippen LogP contribution in [-0.4, -0.2) is 111 Å². The molecule has 1 amide bonds. The summed E-state index contributed by atoms with van der Waals surface area (Å²) in [5.74, 6) is -5.02. The number of ether oxygens (including phenoxy) is 5. The third kappa shape index (κ3) is 8.96. The monoisotopic (exact) mass is 919 g/mol. The van der Waals surface area contributed by atoms with Gasteiger partial charge in [0.25, 0.3) is 0 Å². The van der Waals surface area contributed by atoms with Crippen molar-refractivity contribution in [1.82, 2.24) is 5.32 Å². The van der Waals surface area contributed by atoms with E-state index in [1.165, 1.54) is 36.8 Å². The van der Waals surface area contributed by atoms with Gasteiger partial charge < -0.3 is 53.2 Å². The lowest BCUT2D eigenvalue weighted by Crippen LogP contribution is -2.78. The van der Waals surface area contributed by atoms with Crippen molar-refractivity contribution in [1.29, 1.82) is 0 Å². The molecule has 1 aliphatic heterocycles. The first kappa shape index (κ1) is 48.6.